The van der Waals surface area contributed by atoms with Crippen LogP contribution in [0.3, 0.4) is 0 Å². The van der Waals surface area contributed by atoms with E-state index in [-0.39, 0.29) is 24.5 Å². The van der Waals surface area contributed by atoms with Crippen molar-refractivity contribution in [1.82, 2.24) is 14.3 Å². The maximum absolute atomic E-state index is 12.2. The third-order valence-corrected chi connectivity index (χ3v) is 5.53. The normalized spacial score (nSPS) is 26.2. The van der Waals surface area contributed by atoms with E-state index < -0.39 is 10.2 Å². The molecule has 108 valence electrons. The molecule has 1 aliphatic heterocycles. The van der Waals surface area contributed by atoms with Crippen LogP contribution in [0.4, 0.5) is 0 Å². The predicted octanol–water partition coefficient (Wildman–Crippen LogP) is 0.869. The molecule has 2 fully saturated rings. The molecule has 18 heavy (non-hydrogen) atoms. The molecular formula is C11H24ClN3O2S. The minimum Gasteiger partial charge on any atom is -0.315 e. The Labute approximate surface area is 116 Å². The van der Waals surface area contributed by atoms with Gasteiger partial charge in [0.1, 0.15) is 0 Å². The molecule has 0 aromatic rings. The fourth-order valence-corrected chi connectivity index (χ4v) is 4.08. The minimum absolute atomic E-state index is 0. The fourth-order valence-electron chi connectivity index (χ4n) is 2.69. The Balaban J connectivity index is 0.00000162. The van der Waals surface area contributed by atoms with E-state index in [4.69, 9.17) is 0 Å². The van der Waals surface area contributed by atoms with Crippen LogP contribution in [0.15, 0.2) is 0 Å². The molecule has 7 heteroatoms. The van der Waals surface area contributed by atoms with E-state index in [2.05, 4.69) is 10.0 Å². The van der Waals surface area contributed by atoms with Gasteiger partial charge in [0, 0.05) is 25.7 Å². The van der Waals surface area contributed by atoms with Crippen molar-refractivity contribution >= 4 is 22.6 Å². The van der Waals surface area contributed by atoms with Crippen molar-refractivity contribution in [3.8, 4) is 0 Å². The third-order valence-electron chi connectivity index (χ3n) is 3.84. The van der Waals surface area contributed by atoms with Gasteiger partial charge in [0.05, 0.1) is 0 Å². The van der Waals surface area contributed by atoms with Gasteiger partial charge in [-0.25, -0.2) is 0 Å². The van der Waals surface area contributed by atoms with Crippen LogP contribution >= 0.6 is 12.4 Å². The highest BCUT2D eigenvalue weighted by atomic mass is 35.5. The van der Waals surface area contributed by atoms with E-state index in [9.17, 15) is 8.42 Å². The predicted molar refractivity (Wildman–Crippen MR) is 75.2 cm³/mol. The van der Waals surface area contributed by atoms with Crippen LogP contribution in [0.25, 0.3) is 0 Å². The van der Waals surface area contributed by atoms with Crippen molar-refractivity contribution in [2.45, 2.75) is 50.6 Å². The number of hydrogen-bond donors (Lipinski definition) is 2. The molecule has 1 heterocycles. The van der Waals surface area contributed by atoms with Gasteiger partial charge in [0.2, 0.25) is 0 Å². The second-order valence-electron chi connectivity index (χ2n) is 5.12. The number of rotatable bonds is 4. The molecule has 2 aliphatic rings. The Morgan fingerprint density at radius 2 is 1.83 bits per heavy atom. The maximum atomic E-state index is 12.2. The Morgan fingerprint density at radius 3 is 2.39 bits per heavy atom. The third kappa shape index (κ3) is 4.06. The molecule has 0 aromatic heterocycles. The van der Waals surface area contributed by atoms with Gasteiger partial charge >= 0.3 is 0 Å². The molecule has 1 aliphatic carbocycles. The van der Waals surface area contributed by atoms with Crippen LogP contribution in [0.2, 0.25) is 0 Å². The van der Waals surface area contributed by atoms with Crippen LogP contribution in [-0.2, 0) is 10.2 Å². The van der Waals surface area contributed by atoms with Gasteiger partial charge in [-0.2, -0.15) is 17.4 Å². The van der Waals surface area contributed by atoms with Gasteiger partial charge in [0.15, 0.2) is 0 Å². The molecule has 2 rings (SSSR count). The zero-order valence-corrected chi connectivity index (χ0v) is 12.5. The summed E-state index contributed by atoms with van der Waals surface area (Å²) >= 11 is 0. The monoisotopic (exact) mass is 297 g/mol. The van der Waals surface area contributed by atoms with Gasteiger partial charge in [0.25, 0.3) is 10.2 Å². The van der Waals surface area contributed by atoms with Gasteiger partial charge in [-0.1, -0.05) is 19.3 Å². The lowest BCUT2D eigenvalue weighted by molar-refractivity contribution is 0.281. The fraction of sp³-hybridized carbons (Fsp3) is 1.00. The molecule has 1 unspecified atom stereocenters. The van der Waals surface area contributed by atoms with Crippen LogP contribution in [0.1, 0.15) is 38.5 Å². The molecule has 0 bridgehead atoms. The summed E-state index contributed by atoms with van der Waals surface area (Å²) in [5.74, 6) is 0. The van der Waals surface area contributed by atoms with Crippen molar-refractivity contribution < 1.29 is 8.42 Å². The zero-order chi connectivity index (χ0) is 12.3. The van der Waals surface area contributed by atoms with E-state index >= 15 is 0 Å². The number of halogens is 1. The summed E-state index contributed by atoms with van der Waals surface area (Å²) in [6, 6.07) is 0.252. The van der Waals surface area contributed by atoms with Crippen LogP contribution in [0.5, 0.6) is 0 Å². The van der Waals surface area contributed by atoms with Crippen LogP contribution in [0, 0.1) is 0 Å². The molecule has 1 atom stereocenters. The van der Waals surface area contributed by atoms with Crippen LogP contribution < -0.4 is 10.0 Å². The van der Waals surface area contributed by atoms with E-state index in [1.807, 2.05) is 0 Å². The van der Waals surface area contributed by atoms with Gasteiger partial charge < -0.3 is 5.32 Å². The lowest BCUT2D eigenvalue weighted by Gasteiger charge is -2.31. The van der Waals surface area contributed by atoms with Crippen molar-refractivity contribution in [2.24, 2.45) is 0 Å². The summed E-state index contributed by atoms with van der Waals surface area (Å²) in [6.45, 7) is 1.65. The first-order chi connectivity index (χ1) is 8.09. The molecular weight excluding hydrogens is 274 g/mol. The largest absolute Gasteiger partial charge is 0.315 e. The standard InChI is InChI=1S/C11H23N3O2S.ClH/c1-14(11-5-3-2-4-6-11)17(15,16)13-10-7-8-12-9-10;/h10-13H,2-9H2,1H3;1H. The van der Waals surface area contributed by atoms with Crippen molar-refractivity contribution in [1.29, 1.82) is 0 Å². The van der Waals surface area contributed by atoms with E-state index in [1.165, 1.54) is 6.42 Å². The first-order valence-electron chi connectivity index (χ1n) is 6.55. The van der Waals surface area contributed by atoms with E-state index in [1.54, 1.807) is 11.4 Å². The second-order valence-corrected chi connectivity index (χ2v) is 6.88. The quantitative estimate of drug-likeness (QED) is 0.809. The average molecular weight is 298 g/mol. The topological polar surface area (TPSA) is 61.4 Å². The summed E-state index contributed by atoms with van der Waals surface area (Å²) in [4.78, 5) is 0. The first kappa shape index (κ1) is 16.2. The zero-order valence-electron chi connectivity index (χ0n) is 10.9. The molecule has 5 nitrogen and oxygen atoms in total. The summed E-state index contributed by atoms with van der Waals surface area (Å²) in [7, 11) is -1.59. The minimum atomic E-state index is -3.30. The highest BCUT2D eigenvalue weighted by Crippen LogP contribution is 2.23. The van der Waals surface area contributed by atoms with Gasteiger partial charge in [-0.3, -0.25) is 0 Å². The lowest BCUT2D eigenvalue weighted by atomic mass is 9.96. The highest BCUT2D eigenvalue weighted by molar-refractivity contribution is 7.87. The molecule has 0 aromatic carbocycles. The van der Waals surface area contributed by atoms with Gasteiger partial charge in [-0.05, 0) is 25.8 Å². The SMILES string of the molecule is CN(C1CCCCC1)S(=O)(=O)NC1CCNC1.Cl. The Kier molecular flexibility index (Phi) is 6.34. The molecule has 1 saturated carbocycles. The average Bonchev–Trinajstić information content (AvgIpc) is 2.81. The molecule has 1 saturated heterocycles. The molecule has 0 amide bonds. The summed E-state index contributed by atoms with van der Waals surface area (Å²) in [5, 5.41) is 3.17. The lowest BCUT2D eigenvalue weighted by Crippen LogP contribution is -2.48. The maximum Gasteiger partial charge on any atom is 0.279 e. The molecule has 2 N–H and O–H groups in total. The van der Waals surface area contributed by atoms with E-state index in [0.717, 1.165) is 45.2 Å². The van der Waals surface area contributed by atoms with Crippen LogP contribution in [-0.4, -0.2) is 44.9 Å². The second kappa shape index (κ2) is 7.05. The number of nitrogens with one attached hydrogen (secondary N) is 2. The Morgan fingerprint density at radius 1 is 1.17 bits per heavy atom. The van der Waals surface area contributed by atoms with Gasteiger partial charge in [-0.15, -0.1) is 12.4 Å². The number of hydrogen-bond acceptors (Lipinski definition) is 3. The number of nitrogens with zero attached hydrogens (tertiary/aromatic N) is 1. The van der Waals surface area contributed by atoms with Crippen molar-refractivity contribution in [3.63, 3.8) is 0 Å². The summed E-state index contributed by atoms with van der Waals surface area (Å²) < 4.78 is 28.7. The van der Waals surface area contributed by atoms with Crippen molar-refractivity contribution in [3.05, 3.63) is 0 Å². The Hall–Kier alpha value is 0.120. The molecule has 0 spiro atoms. The van der Waals surface area contributed by atoms with Crippen molar-refractivity contribution in [2.75, 3.05) is 20.1 Å². The Bertz CT molecular complexity index is 338. The first-order valence-corrected chi connectivity index (χ1v) is 7.99. The smallest absolute Gasteiger partial charge is 0.279 e. The molecule has 0 radical (unpaired) electrons. The highest BCUT2D eigenvalue weighted by Gasteiger charge is 2.30. The summed E-state index contributed by atoms with van der Waals surface area (Å²) in [5.41, 5.74) is 0. The van der Waals surface area contributed by atoms with E-state index in [0.29, 0.717) is 0 Å². The summed E-state index contributed by atoms with van der Waals surface area (Å²) in [6.07, 6.45) is 6.42.